The van der Waals surface area contributed by atoms with E-state index in [9.17, 15) is 25.2 Å². The number of carbonyl (C=O) groups is 1. The van der Waals surface area contributed by atoms with Crippen LogP contribution in [0.15, 0.2) is 42.5 Å². The van der Waals surface area contributed by atoms with E-state index in [4.69, 9.17) is 15.2 Å². The van der Waals surface area contributed by atoms with Gasteiger partial charge in [0.05, 0.1) is 6.10 Å². The molecule has 1 amide bonds. The molecule has 6 atom stereocenters. The van der Waals surface area contributed by atoms with Crippen LogP contribution in [0, 0.1) is 12.8 Å². The molecule has 31 heavy (non-hydrogen) atoms. The van der Waals surface area contributed by atoms with Crippen molar-refractivity contribution in [2.75, 3.05) is 0 Å². The SMILES string of the molecule is Cc1cc(-c2cccc(C(N)=O)c2)ccc1O[C@H]1OC(C(O)C(C)C)[C@@H](O)C(O)C1O. The average molecular weight is 431 g/mol. The first-order chi connectivity index (χ1) is 14.6. The summed E-state index contributed by atoms with van der Waals surface area (Å²) >= 11 is 0. The summed E-state index contributed by atoms with van der Waals surface area (Å²) < 4.78 is 11.4. The fourth-order valence-corrected chi connectivity index (χ4v) is 3.57. The molecule has 0 bridgehead atoms. The molecule has 1 saturated heterocycles. The quantitative estimate of drug-likeness (QED) is 0.459. The lowest BCUT2D eigenvalue weighted by Gasteiger charge is -2.42. The van der Waals surface area contributed by atoms with Gasteiger partial charge in [0.25, 0.3) is 0 Å². The van der Waals surface area contributed by atoms with E-state index in [2.05, 4.69) is 0 Å². The lowest BCUT2D eigenvalue weighted by atomic mass is 9.90. The van der Waals surface area contributed by atoms with E-state index in [0.29, 0.717) is 11.3 Å². The molecule has 1 heterocycles. The summed E-state index contributed by atoms with van der Waals surface area (Å²) in [7, 11) is 0. The van der Waals surface area contributed by atoms with Gasteiger partial charge in [-0.05, 0) is 53.8 Å². The molecule has 1 aliphatic heterocycles. The first-order valence-corrected chi connectivity index (χ1v) is 10.2. The fraction of sp³-hybridized carbons (Fsp3) is 0.435. The first-order valence-electron chi connectivity index (χ1n) is 10.2. The number of ether oxygens (including phenoxy) is 2. The van der Waals surface area contributed by atoms with Crippen LogP contribution in [0.5, 0.6) is 5.75 Å². The molecule has 2 aromatic carbocycles. The van der Waals surface area contributed by atoms with Crippen LogP contribution in [0.3, 0.4) is 0 Å². The van der Waals surface area contributed by atoms with Gasteiger partial charge in [-0.3, -0.25) is 4.79 Å². The molecule has 0 aliphatic carbocycles. The van der Waals surface area contributed by atoms with Crippen molar-refractivity contribution in [1.82, 2.24) is 0 Å². The second kappa shape index (κ2) is 9.33. The van der Waals surface area contributed by atoms with Crippen molar-refractivity contribution in [2.24, 2.45) is 11.7 Å². The van der Waals surface area contributed by atoms with Gasteiger partial charge in [0, 0.05) is 5.56 Å². The van der Waals surface area contributed by atoms with Crippen LogP contribution in [0.1, 0.15) is 29.8 Å². The number of nitrogens with two attached hydrogens (primary N) is 1. The van der Waals surface area contributed by atoms with E-state index < -0.39 is 42.7 Å². The highest BCUT2D eigenvalue weighted by Gasteiger charge is 2.48. The minimum atomic E-state index is -1.53. The zero-order valence-electron chi connectivity index (χ0n) is 17.7. The third-order valence-electron chi connectivity index (χ3n) is 5.52. The van der Waals surface area contributed by atoms with Crippen LogP contribution >= 0.6 is 0 Å². The van der Waals surface area contributed by atoms with Crippen LogP contribution in [-0.4, -0.2) is 63.1 Å². The highest BCUT2D eigenvalue weighted by atomic mass is 16.7. The Bertz CT molecular complexity index is 932. The molecule has 3 rings (SSSR count). The molecule has 0 spiro atoms. The van der Waals surface area contributed by atoms with Crippen molar-refractivity contribution in [2.45, 2.75) is 57.6 Å². The number of hydrogen-bond acceptors (Lipinski definition) is 7. The number of primary amides is 1. The third-order valence-corrected chi connectivity index (χ3v) is 5.52. The standard InChI is InChI=1S/C23H29NO7/c1-11(2)17(25)21-19(27)18(26)20(28)23(31-21)30-16-8-7-14(9-12(16)3)13-5-4-6-15(10-13)22(24)29/h4-11,17-21,23,25-28H,1-3H3,(H2,24,29)/t17?,18?,19-,20?,21?,23-/m0/s1. The van der Waals surface area contributed by atoms with Gasteiger partial charge in [0.2, 0.25) is 12.2 Å². The van der Waals surface area contributed by atoms with Crippen molar-refractivity contribution < 1.29 is 34.7 Å². The van der Waals surface area contributed by atoms with Gasteiger partial charge in [-0.2, -0.15) is 0 Å². The summed E-state index contributed by atoms with van der Waals surface area (Å²) in [5, 5.41) is 41.1. The summed E-state index contributed by atoms with van der Waals surface area (Å²) in [5.74, 6) is -0.346. The van der Waals surface area contributed by atoms with Gasteiger partial charge in [0.1, 0.15) is 30.2 Å². The van der Waals surface area contributed by atoms with Gasteiger partial charge in [-0.1, -0.05) is 32.0 Å². The molecular weight excluding hydrogens is 402 g/mol. The number of aliphatic hydroxyl groups is 4. The van der Waals surface area contributed by atoms with Gasteiger partial charge in [0.15, 0.2) is 0 Å². The third kappa shape index (κ3) is 4.89. The van der Waals surface area contributed by atoms with E-state index in [1.54, 1.807) is 51.1 Å². The Labute approximate surface area is 180 Å². The molecule has 8 heteroatoms. The maximum Gasteiger partial charge on any atom is 0.248 e. The summed E-state index contributed by atoms with van der Waals surface area (Å²) in [6, 6.07) is 12.2. The van der Waals surface area contributed by atoms with Gasteiger partial charge in [-0.15, -0.1) is 0 Å². The van der Waals surface area contributed by atoms with Gasteiger partial charge in [-0.25, -0.2) is 0 Å². The minimum Gasteiger partial charge on any atom is -0.462 e. The monoisotopic (exact) mass is 431 g/mol. The molecule has 0 radical (unpaired) electrons. The number of benzene rings is 2. The summed E-state index contributed by atoms with van der Waals surface area (Å²) in [6.07, 6.45) is -7.93. The number of rotatable bonds is 6. The number of amides is 1. The van der Waals surface area contributed by atoms with Crippen LogP contribution in [0.2, 0.25) is 0 Å². The molecule has 1 aliphatic rings. The predicted molar refractivity (Wildman–Crippen MR) is 113 cm³/mol. The van der Waals surface area contributed by atoms with Crippen molar-refractivity contribution in [3.05, 3.63) is 53.6 Å². The van der Waals surface area contributed by atoms with Crippen molar-refractivity contribution in [3.8, 4) is 16.9 Å². The van der Waals surface area contributed by atoms with E-state index in [1.165, 1.54) is 0 Å². The number of aryl methyl sites for hydroxylation is 1. The van der Waals surface area contributed by atoms with Crippen LogP contribution < -0.4 is 10.5 Å². The fourth-order valence-electron chi connectivity index (χ4n) is 3.57. The largest absolute Gasteiger partial charge is 0.462 e. The first kappa shape index (κ1) is 23.2. The Balaban J connectivity index is 1.82. The molecule has 8 nitrogen and oxygen atoms in total. The second-order valence-corrected chi connectivity index (χ2v) is 8.22. The van der Waals surface area contributed by atoms with E-state index in [1.807, 2.05) is 12.1 Å². The number of hydrogen-bond donors (Lipinski definition) is 5. The molecule has 0 saturated carbocycles. The Morgan fingerprint density at radius 1 is 1.03 bits per heavy atom. The number of carbonyl (C=O) groups excluding carboxylic acids is 1. The predicted octanol–water partition coefficient (Wildman–Crippen LogP) is 0.964. The summed E-state index contributed by atoms with van der Waals surface area (Å²) in [6.45, 7) is 5.31. The lowest BCUT2D eigenvalue weighted by molar-refractivity contribution is -0.291. The molecular formula is C23H29NO7. The van der Waals surface area contributed by atoms with Crippen molar-refractivity contribution in [3.63, 3.8) is 0 Å². The summed E-state index contributed by atoms with van der Waals surface area (Å²) in [4.78, 5) is 11.4. The zero-order chi connectivity index (χ0) is 22.9. The van der Waals surface area contributed by atoms with Crippen molar-refractivity contribution >= 4 is 5.91 Å². The Hall–Kier alpha value is -2.49. The minimum absolute atomic E-state index is 0.236. The smallest absolute Gasteiger partial charge is 0.248 e. The van der Waals surface area contributed by atoms with Crippen LogP contribution in [-0.2, 0) is 4.74 Å². The maximum absolute atomic E-state index is 11.4. The number of aliphatic hydroxyl groups excluding tert-OH is 4. The van der Waals surface area contributed by atoms with Gasteiger partial charge < -0.3 is 35.6 Å². The van der Waals surface area contributed by atoms with E-state index in [-0.39, 0.29) is 5.92 Å². The maximum atomic E-state index is 11.4. The van der Waals surface area contributed by atoms with E-state index >= 15 is 0 Å². The highest BCUT2D eigenvalue weighted by Crippen LogP contribution is 2.31. The second-order valence-electron chi connectivity index (χ2n) is 8.22. The average Bonchev–Trinajstić information content (AvgIpc) is 2.74. The molecule has 4 unspecified atom stereocenters. The van der Waals surface area contributed by atoms with Crippen LogP contribution in [0.25, 0.3) is 11.1 Å². The topological polar surface area (TPSA) is 142 Å². The Morgan fingerprint density at radius 2 is 1.71 bits per heavy atom. The lowest BCUT2D eigenvalue weighted by Crippen LogP contribution is -2.62. The van der Waals surface area contributed by atoms with Gasteiger partial charge >= 0.3 is 0 Å². The Kier molecular flexibility index (Phi) is 6.98. The van der Waals surface area contributed by atoms with Crippen LogP contribution in [0.4, 0.5) is 0 Å². The molecule has 6 N–H and O–H groups in total. The van der Waals surface area contributed by atoms with E-state index in [0.717, 1.165) is 16.7 Å². The molecule has 168 valence electrons. The Morgan fingerprint density at radius 3 is 2.32 bits per heavy atom. The molecule has 2 aromatic rings. The molecule has 1 fully saturated rings. The highest BCUT2D eigenvalue weighted by molar-refractivity contribution is 5.94. The summed E-state index contributed by atoms with van der Waals surface area (Å²) in [5.41, 5.74) is 8.11. The zero-order valence-corrected chi connectivity index (χ0v) is 17.7. The molecule has 0 aromatic heterocycles. The normalized spacial score (nSPS) is 27.2. The van der Waals surface area contributed by atoms with Crippen molar-refractivity contribution in [1.29, 1.82) is 0 Å².